The fraction of sp³-hybridized carbons (Fsp3) is 0.100. The van der Waals surface area contributed by atoms with Crippen molar-refractivity contribution in [3.8, 4) is 5.75 Å². The van der Waals surface area contributed by atoms with Gasteiger partial charge in [-0.2, -0.15) is 0 Å². The highest BCUT2D eigenvalue weighted by Crippen LogP contribution is 2.34. The second-order valence-electron chi connectivity index (χ2n) is 3.09. The van der Waals surface area contributed by atoms with Crippen LogP contribution in [0.5, 0.6) is 5.75 Å². The van der Waals surface area contributed by atoms with Crippen LogP contribution in [0.4, 0.5) is 0 Å². The number of hydrogen-bond acceptors (Lipinski definition) is 3. The Hall–Kier alpha value is -1.49. The van der Waals surface area contributed by atoms with Gasteiger partial charge in [0.25, 0.3) is 0 Å². The number of aliphatic carboxylic acids is 1. The molecule has 0 aliphatic rings. The van der Waals surface area contributed by atoms with Crippen molar-refractivity contribution in [3.05, 3.63) is 28.4 Å². The fourth-order valence-corrected chi connectivity index (χ4v) is 1.70. The number of hydrogen-bond donors (Lipinski definition) is 2. The van der Waals surface area contributed by atoms with E-state index in [4.69, 9.17) is 9.52 Å². The second kappa shape index (κ2) is 3.58. The van der Waals surface area contributed by atoms with Gasteiger partial charge >= 0.3 is 5.97 Å². The van der Waals surface area contributed by atoms with E-state index in [-0.39, 0.29) is 12.2 Å². The Morgan fingerprint density at radius 2 is 2.20 bits per heavy atom. The number of phenols is 1. The number of fused-ring (bicyclic) bond motifs is 1. The minimum atomic E-state index is -0.965. The van der Waals surface area contributed by atoms with E-state index in [1.54, 1.807) is 12.1 Å². The van der Waals surface area contributed by atoms with Gasteiger partial charge in [-0.3, -0.25) is 4.79 Å². The van der Waals surface area contributed by atoms with E-state index in [0.717, 1.165) is 0 Å². The SMILES string of the molecule is O=C(O)Cc1cc2c(O)c(Br)ccc2o1. The molecule has 2 N–H and O–H groups in total. The highest BCUT2D eigenvalue weighted by Gasteiger charge is 2.11. The Morgan fingerprint density at radius 3 is 2.87 bits per heavy atom. The molecule has 15 heavy (non-hydrogen) atoms. The van der Waals surface area contributed by atoms with Crippen molar-refractivity contribution in [1.82, 2.24) is 0 Å². The lowest BCUT2D eigenvalue weighted by molar-refractivity contribution is -0.136. The van der Waals surface area contributed by atoms with Gasteiger partial charge in [0.15, 0.2) is 0 Å². The van der Waals surface area contributed by atoms with E-state index in [1.807, 2.05) is 0 Å². The van der Waals surface area contributed by atoms with Crippen LogP contribution in [0.3, 0.4) is 0 Å². The van der Waals surface area contributed by atoms with Crippen LogP contribution >= 0.6 is 15.9 Å². The molecular weight excluding hydrogens is 264 g/mol. The zero-order valence-corrected chi connectivity index (χ0v) is 9.11. The quantitative estimate of drug-likeness (QED) is 0.880. The molecule has 0 aliphatic carbocycles. The topological polar surface area (TPSA) is 70.7 Å². The van der Waals surface area contributed by atoms with Crippen LogP contribution in [0, 0.1) is 0 Å². The average molecular weight is 271 g/mol. The van der Waals surface area contributed by atoms with Crippen molar-refractivity contribution < 1.29 is 19.4 Å². The molecule has 0 aliphatic heterocycles. The molecule has 1 heterocycles. The molecule has 1 aromatic heterocycles. The smallest absolute Gasteiger partial charge is 0.311 e. The number of carboxylic acids is 1. The largest absolute Gasteiger partial charge is 0.506 e. The van der Waals surface area contributed by atoms with Crippen LogP contribution in [0.1, 0.15) is 5.76 Å². The molecular formula is C10H7BrO4. The van der Waals surface area contributed by atoms with Crippen LogP contribution in [0.15, 0.2) is 27.1 Å². The van der Waals surface area contributed by atoms with Crippen molar-refractivity contribution in [1.29, 1.82) is 0 Å². The van der Waals surface area contributed by atoms with Gasteiger partial charge in [0, 0.05) is 0 Å². The average Bonchev–Trinajstić information content (AvgIpc) is 2.54. The minimum Gasteiger partial charge on any atom is -0.506 e. The summed E-state index contributed by atoms with van der Waals surface area (Å²) in [5.41, 5.74) is 0.479. The summed E-state index contributed by atoms with van der Waals surface area (Å²) in [6, 6.07) is 4.85. The summed E-state index contributed by atoms with van der Waals surface area (Å²) in [5, 5.41) is 18.8. The number of aromatic hydroxyl groups is 1. The Balaban J connectivity index is 2.56. The number of carboxylic acid groups (broad SMARTS) is 1. The van der Waals surface area contributed by atoms with Crippen LogP contribution in [0.25, 0.3) is 11.0 Å². The van der Waals surface area contributed by atoms with Gasteiger partial charge in [0.2, 0.25) is 0 Å². The highest BCUT2D eigenvalue weighted by atomic mass is 79.9. The lowest BCUT2D eigenvalue weighted by atomic mass is 10.2. The number of carbonyl (C=O) groups is 1. The standard InChI is InChI=1S/C10H7BrO4/c11-7-1-2-8-6(10(7)14)3-5(15-8)4-9(12)13/h1-3,14H,4H2,(H,12,13). The Kier molecular flexibility index (Phi) is 2.40. The molecule has 0 fully saturated rings. The van der Waals surface area contributed by atoms with Gasteiger partial charge < -0.3 is 14.6 Å². The first-order valence-electron chi connectivity index (χ1n) is 4.19. The lowest BCUT2D eigenvalue weighted by Crippen LogP contribution is -1.97. The van der Waals surface area contributed by atoms with Crippen molar-refractivity contribution in [2.75, 3.05) is 0 Å². The molecule has 0 bridgehead atoms. The van der Waals surface area contributed by atoms with Crippen LogP contribution in [0.2, 0.25) is 0 Å². The molecule has 0 spiro atoms. The molecule has 0 saturated carbocycles. The summed E-state index contributed by atoms with van der Waals surface area (Å²) in [7, 11) is 0. The first-order chi connectivity index (χ1) is 7.08. The summed E-state index contributed by atoms with van der Waals surface area (Å²) in [5.74, 6) is -0.577. The maximum Gasteiger partial charge on any atom is 0.311 e. The highest BCUT2D eigenvalue weighted by molar-refractivity contribution is 9.10. The minimum absolute atomic E-state index is 0.0629. The molecule has 2 rings (SSSR count). The summed E-state index contributed by atoms with van der Waals surface area (Å²) in [6.45, 7) is 0. The predicted octanol–water partition coefficient (Wildman–Crippen LogP) is 2.53. The summed E-state index contributed by atoms with van der Waals surface area (Å²) < 4.78 is 5.81. The van der Waals surface area contributed by atoms with Crippen LogP contribution in [-0.2, 0) is 11.2 Å². The number of furan rings is 1. The van der Waals surface area contributed by atoms with Crippen LogP contribution in [-0.4, -0.2) is 16.2 Å². The van der Waals surface area contributed by atoms with Gasteiger partial charge in [0.1, 0.15) is 23.5 Å². The molecule has 0 radical (unpaired) electrons. The van der Waals surface area contributed by atoms with Gasteiger partial charge in [-0.1, -0.05) is 0 Å². The van der Waals surface area contributed by atoms with Crippen molar-refractivity contribution in [2.24, 2.45) is 0 Å². The lowest BCUT2D eigenvalue weighted by Gasteiger charge is -1.95. The summed E-state index contributed by atoms with van der Waals surface area (Å²) in [4.78, 5) is 10.5. The molecule has 4 nitrogen and oxygen atoms in total. The van der Waals surface area contributed by atoms with E-state index in [1.165, 1.54) is 6.07 Å². The molecule has 0 atom stereocenters. The Labute approximate surface area is 93.3 Å². The second-order valence-corrected chi connectivity index (χ2v) is 3.95. The van der Waals surface area contributed by atoms with Gasteiger partial charge in [0.05, 0.1) is 9.86 Å². The van der Waals surface area contributed by atoms with E-state index >= 15 is 0 Å². The molecule has 0 unspecified atom stereocenters. The van der Waals surface area contributed by atoms with E-state index < -0.39 is 5.97 Å². The summed E-state index contributed by atoms with van der Waals surface area (Å²) >= 11 is 3.17. The molecule has 0 saturated heterocycles. The molecule has 2 aromatic rings. The Bertz CT molecular complexity index is 529. The third-order valence-corrected chi connectivity index (χ3v) is 2.64. The molecule has 78 valence electrons. The molecule has 1 aromatic carbocycles. The van der Waals surface area contributed by atoms with Crippen molar-refractivity contribution in [2.45, 2.75) is 6.42 Å². The van der Waals surface area contributed by atoms with Gasteiger partial charge in [-0.05, 0) is 34.1 Å². The maximum absolute atomic E-state index is 10.5. The first-order valence-corrected chi connectivity index (χ1v) is 4.99. The predicted molar refractivity (Wildman–Crippen MR) is 56.9 cm³/mol. The number of benzene rings is 1. The number of halogens is 1. The fourth-order valence-electron chi connectivity index (χ4n) is 1.36. The van der Waals surface area contributed by atoms with Crippen LogP contribution < -0.4 is 0 Å². The van der Waals surface area contributed by atoms with Crippen molar-refractivity contribution >= 4 is 32.9 Å². The summed E-state index contributed by atoms with van der Waals surface area (Å²) in [6.07, 6.45) is -0.189. The number of rotatable bonds is 2. The zero-order chi connectivity index (χ0) is 11.0. The van der Waals surface area contributed by atoms with Gasteiger partial charge in [-0.25, -0.2) is 0 Å². The van der Waals surface area contributed by atoms with Gasteiger partial charge in [-0.15, -0.1) is 0 Å². The normalized spacial score (nSPS) is 10.7. The maximum atomic E-state index is 10.5. The third-order valence-electron chi connectivity index (χ3n) is 2.00. The number of phenolic OH excluding ortho intramolecular Hbond substituents is 1. The van der Waals surface area contributed by atoms with E-state index in [9.17, 15) is 9.90 Å². The third kappa shape index (κ3) is 1.83. The first kappa shape index (κ1) is 10.0. The van der Waals surface area contributed by atoms with E-state index in [2.05, 4.69) is 15.9 Å². The zero-order valence-electron chi connectivity index (χ0n) is 7.53. The Morgan fingerprint density at radius 1 is 1.47 bits per heavy atom. The monoisotopic (exact) mass is 270 g/mol. The van der Waals surface area contributed by atoms with Crippen molar-refractivity contribution in [3.63, 3.8) is 0 Å². The van der Waals surface area contributed by atoms with E-state index in [0.29, 0.717) is 21.2 Å². The molecule has 5 heteroatoms. The molecule has 0 amide bonds.